The van der Waals surface area contributed by atoms with Gasteiger partial charge in [0.1, 0.15) is 0 Å². The van der Waals surface area contributed by atoms with E-state index in [1.807, 2.05) is 0 Å². The first-order valence-electron chi connectivity index (χ1n) is 7.74. The molecular formula is C17H16N4O5. The standard InChI is InChI=1S/C17H16N4O5/c1-16(2)15(11-3-7-13(8-4-11)20(23)24)18-19-17(16,22)12-5-9-14(10-6-12)21(25)26/h3-10,19,22H,1-2H3. The molecule has 1 aliphatic heterocycles. The number of aliphatic hydroxyl groups is 1. The van der Waals surface area contributed by atoms with E-state index < -0.39 is 21.0 Å². The maximum absolute atomic E-state index is 11.2. The summed E-state index contributed by atoms with van der Waals surface area (Å²) < 4.78 is 0. The number of benzene rings is 2. The van der Waals surface area contributed by atoms with Gasteiger partial charge in [-0.1, -0.05) is 0 Å². The molecule has 134 valence electrons. The third-order valence-electron chi connectivity index (χ3n) is 4.67. The van der Waals surface area contributed by atoms with Crippen LogP contribution in [-0.2, 0) is 5.72 Å². The number of nitro benzene ring substituents is 2. The Labute approximate surface area is 148 Å². The summed E-state index contributed by atoms with van der Waals surface area (Å²) in [6.45, 7) is 3.54. The molecule has 1 heterocycles. The minimum absolute atomic E-state index is 0.0382. The average molecular weight is 356 g/mol. The molecular weight excluding hydrogens is 340 g/mol. The SMILES string of the molecule is CC1(C)C(c2ccc([N+](=O)[O-])cc2)=NNC1(O)c1ccc([N+](=O)[O-])cc1. The van der Waals surface area contributed by atoms with Crippen molar-refractivity contribution in [2.24, 2.45) is 10.5 Å². The van der Waals surface area contributed by atoms with E-state index in [9.17, 15) is 25.3 Å². The lowest BCUT2D eigenvalue weighted by Crippen LogP contribution is -2.49. The van der Waals surface area contributed by atoms with Crippen molar-refractivity contribution in [1.29, 1.82) is 0 Å². The average Bonchev–Trinajstić information content (AvgIpc) is 2.85. The van der Waals surface area contributed by atoms with Crippen LogP contribution in [0.5, 0.6) is 0 Å². The smallest absolute Gasteiger partial charge is 0.269 e. The van der Waals surface area contributed by atoms with E-state index in [1.165, 1.54) is 36.4 Å². The zero-order valence-electron chi connectivity index (χ0n) is 14.0. The number of nitrogens with one attached hydrogen (secondary N) is 1. The number of hydrogen-bond donors (Lipinski definition) is 2. The van der Waals surface area contributed by atoms with Gasteiger partial charge in [-0.15, -0.1) is 0 Å². The second-order valence-corrected chi connectivity index (χ2v) is 6.52. The van der Waals surface area contributed by atoms with Crippen molar-refractivity contribution in [3.05, 3.63) is 79.9 Å². The van der Waals surface area contributed by atoms with Crippen LogP contribution in [0, 0.1) is 25.6 Å². The van der Waals surface area contributed by atoms with Crippen molar-refractivity contribution in [1.82, 2.24) is 5.43 Å². The molecule has 0 radical (unpaired) electrons. The normalized spacial score (nSPS) is 21.0. The number of nitrogens with zero attached hydrogens (tertiary/aromatic N) is 3. The molecule has 1 unspecified atom stereocenters. The summed E-state index contributed by atoms with van der Waals surface area (Å²) in [5.41, 5.74) is 1.69. The van der Waals surface area contributed by atoms with Crippen LogP contribution in [0.15, 0.2) is 53.6 Å². The minimum atomic E-state index is -1.58. The monoisotopic (exact) mass is 356 g/mol. The summed E-state index contributed by atoms with van der Waals surface area (Å²) in [5, 5.41) is 37.0. The number of nitro groups is 2. The largest absolute Gasteiger partial charge is 0.365 e. The number of hydrogen-bond acceptors (Lipinski definition) is 7. The van der Waals surface area contributed by atoms with Crippen molar-refractivity contribution >= 4 is 17.1 Å². The van der Waals surface area contributed by atoms with Crippen LogP contribution in [0.2, 0.25) is 0 Å². The van der Waals surface area contributed by atoms with E-state index in [1.54, 1.807) is 26.0 Å². The third-order valence-corrected chi connectivity index (χ3v) is 4.67. The highest BCUT2D eigenvalue weighted by molar-refractivity contribution is 6.06. The summed E-state index contributed by atoms with van der Waals surface area (Å²) in [6.07, 6.45) is 0. The molecule has 3 rings (SSSR count). The minimum Gasteiger partial charge on any atom is -0.365 e. The summed E-state index contributed by atoms with van der Waals surface area (Å²) in [7, 11) is 0. The van der Waals surface area contributed by atoms with Crippen LogP contribution >= 0.6 is 0 Å². The van der Waals surface area contributed by atoms with Gasteiger partial charge in [0.25, 0.3) is 11.4 Å². The van der Waals surface area contributed by atoms with Gasteiger partial charge in [-0.2, -0.15) is 5.10 Å². The molecule has 0 aromatic heterocycles. The first-order valence-corrected chi connectivity index (χ1v) is 7.74. The lowest BCUT2D eigenvalue weighted by Gasteiger charge is -2.37. The molecule has 9 heteroatoms. The van der Waals surface area contributed by atoms with E-state index in [4.69, 9.17) is 0 Å². The number of hydrazone groups is 1. The number of rotatable bonds is 4. The van der Waals surface area contributed by atoms with E-state index >= 15 is 0 Å². The second-order valence-electron chi connectivity index (χ2n) is 6.52. The quantitative estimate of drug-likeness (QED) is 0.639. The van der Waals surface area contributed by atoms with Crippen LogP contribution in [0.3, 0.4) is 0 Å². The molecule has 1 atom stereocenters. The molecule has 1 aliphatic rings. The maximum Gasteiger partial charge on any atom is 0.269 e. The van der Waals surface area contributed by atoms with Crippen LogP contribution in [0.1, 0.15) is 25.0 Å². The maximum atomic E-state index is 11.2. The predicted octanol–water partition coefficient (Wildman–Crippen LogP) is 2.68. The Morgan fingerprint density at radius 2 is 1.38 bits per heavy atom. The summed E-state index contributed by atoms with van der Waals surface area (Å²) in [6, 6.07) is 11.5. The Bertz CT molecular complexity index is 906. The summed E-state index contributed by atoms with van der Waals surface area (Å²) in [5.74, 6) is 0. The first-order chi connectivity index (χ1) is 12.2. The zero-order chi connectivity index (χ0) is 19.1. The van der Waals surface area contributed by atoms with Gasteiger partial charge in [-0.05, 0) is 43.7 Å². The zero-order valence-corrected chi connectivity index (χ0v) is 14.0. The number of non-ortho nitro benzene ring substituents is 2. The van der Waals surface area contributed by atoms with Gasteiger partial charge in [-0.25, -0.2) is 0 Å². The van der Waals surface area contributed by atoms with Crippen LogP contribution in [-0.4, -0.2) is 20.7 Å². The Kier molecular flexibility index (Phi) is 3.96. The van der Waals surface area contributed by atoms with Crippen molar-refractivity contribution in [3.63, 3.8) is 0 Å². The van der Waals surface area contributed by atoms with Gasteiger partial charge < -0.3 is 5.11 Å². The highest BCUT2D eigenvalue weighted by Crippen LogP contribution is 2.44. The fourth-order valence-corrected chi connectivity index (χ4v) is 3.00. The van der Waals surface area contributed by atoms with Crippen molar-refractivity contribution in [2.75, 3.05) is 0 Å². The van der Waals surface area contributed by atoms with Crippen LogP contribution < -0.4 is 5.43 Å². The van der Waals surface area contributed by atoms with Crippen LogP contribution in [0.4, 0.5) is 11.4 Å². The summed E-state index contributed by atoms with van der Waals surface area (Å²) >= 11 is 0. The lowest BCUT2D eigenvalue weighted by atomic mass is 9.72. The highest BCUT2D eigenvalue weighted by Gasteiger charge is 2.53. The van der Waals surface area contributed by atoms with Gasteiger partial charge in [-0.3, -0.25) is 25.7 Å². The molecule has 0 saturated heterocycles. The summed E-state index contributed by atoms with van der Waals surface area (Å²) in [4.78, 5) is 20.6. The van der Waals surface area contributed by atoms with Crippen molar-refractivity contribution in [3.8, 4) is 0 Å². The predicted molar refractivity (Wildman–Crippen MR) is 93.5 cm³/mol. The Balaban J connectivity index is 1.95. The van der Waals surface area contributed by atoms with Gasteiger partial charge in [0.2, 0.25) is 0 Å². The van der Waals surface area contributed by atoms with Crippen molar-refractivity contribution in [2.45, 2.75) is 19.6 Å². The molecule has 0 bridgehead atoms. The second kappa shape index (κ2) is 5.88. The molecule has 0 saturated carbocycles. The van der Waals surface area contributed by atoms with Gasteiger partial charge in [0, 0.05) is 29.8 Å². The highest BCUT2D eigenvalue weighted by atomic mass is 16.6. The van der Waals surface area contributed by atoms with Crippen molar-refractivity contribution < 1.29 is 15.0 Å². The molecule has 2 aromatic rings. The van der Waals surface area contributed by atoms with E-state index in [-0.39, 0.29) is 11.4 Å². The fourth-order valence-electron chi connectivity index (χ4n) is 3.00. The Morgan fingerprint density at radius 1 is 0.923 bits per heavy atom. The molecule has 0 aliphatic carbocycles. The third kappa shape index (κ3) is 2.58. The topological polar surface area (TPSA) is 131 Å². The van der Waals surface area contributed by atoms with E-state index in [2.05, 4.69) is 10.5 Å². The lowest BCUT2D eigenvalue weighted by molar-refractivity contribution is -0.385. The van der Waals surface area contributed by atoms with Crippen LogP contribution in [0.25, 0.3) is 0 Å². The molecule has 0 amide bonds. The molecule has 0 spiro atoms. The fraction of sp³-hybridized carbons (Fsp3) is 0.235. The molecule has 2 aromatic carbocycles. The van der Waals surface area contributed by atoms with Gasteiger partial charge >= 0.3 is 0 Å². The first kappa shape index (κ1) is 17.5. The Morgan fingerprint density at radius 3 is 1.85 bits per heavy atom. The molecule has 2 N–H and O–H groups in total. The van der Waals surface area contributed by atoms with Gasteiger partial charge in [0.05, 0.1) is 21.0 Å². The van der Waals surface area contributed by atoms with Gasteiger partial charge in [0.15, 0.2) is 5.72 Å². The molecule has 26 heavy (non-hydrogen) atoms. The van der Waals surface area contributed by atoms with E-state index in [0.717, 1.165) is 0 Å². The van der Waals surface area contributed by atoms with E-state index in [0.29, 0.717) is 16.8 Å². The molecule has 0 fully saturated rings. The molecule has 9 nitrogen and oxygen atoms in total. The Hall–Kier alpha value is -3.33.